The average molecular weight is 423 g/mol. The standard InChI is InChI=1S/C31H50/c1-20(2)22(5)9-10-23(6)27-13-14-28-26-12-11-25-19-24(21(3)4)15-17-30(25,7)29(26)16-18-31(27,28)8/h9-12,20-24,27-29H,13-19H2,1-8H3/b10-9+. The van der Waals surface area contributed by atoms with E-state index < -0.39 is 0 Å². The highest BCUT2D eigenvalue weighted by molar-refractivity contribution is 5.38. The molecule has 4 aliphatic rings. The van der Waals surface area contributed by atoms with E-state index in [0.717, 1.165) is 35.5 Å². The summed E-state index contributed by atoms with van der Waals surface area (Å²) in [7, 11) is 0. The SMILES string of the molecule is CC(C)C(C)/C=C/C(C)C1CCC2C3=CC=C4CC(C(C)C)CCC4(C)C3CCC21C. The average Bonchev–Trinajstić information content (AvgIpc) is 3.08. The molecule has 0 aromatic carbocycles. The van der Waals surface area contributed by atoms with Gasteiger partial charge in [0.2, 0.25) is 0 Å². The number of hydrogen-bond donors (Lipinski definition) is 0. The van der Waals surface area contributed by atoms with Gasteiger partial charge in [-0.05, 0) is 103 Å². The van der Waals surface area contributed by atoms with Crippen molar-refractivity contribution in [1.29, 1.82) is 0 Å². The van der Waals surface area contributed by atoms with Crippen molar-refractivity contribution in [2.45, 2.75) is 100 Å². The third-order valence-corrected chi connectivity index (χ3v) is 11.0. The van der Waals surface area contributed by atoms with Gasteiger partial charge in [-0.3, -0.25) is 0 Å². The van der Waals surface area contributed by atoms with E-state index in [9.17, 15) is 0 Å². The van der Waals surface area contributed by atoms with Crippen molar-refractivity contribution in [1.82, 2.24) is 0 Å². The van der Waals surface area contributed by atoms with Crippen molar-refractivity contribution in [2.75, 3.05) is 0 Å². The van der Waals surface area contributed by atoms with Gasteiger partial charge in [-0.25, -0.2) is 0 Å². The molecule has 8 unspecified atom stereocenters. The van der Waals surface area contributed by atoms with Gasteiger partial charge in [-0.15, -0.1) is 0 Å². The van der Waals surface area contributed by atoms with Gasteiger partial charge in [-0.2, -0.15) is 0 Å². The lowest BCUT2D eigenvalue weighted by atomic mass is 9.49. The van der Waals surface area contributed by atoms with Crippen LogP contribution in [0, 0.1) is 58.2 Å². The van der Waals surface area contributed by atoms with E-state index >= 15 is 0 Å². The third kappa shape index (κ3) is 3.93. The lowest BCUT2D eigenvalue weighted by Gasteiger charge is -2.55. The van der Waals surface area contributed by atoms with Gasteiger partial charge in [0, 0.05) is 0 Å². The van der Waals surface area contributed by atoms with Crippen LogP contribution in [0.1, 0.15) is 100 Å². The minimum atomic E-state index is 0.451. The van der Waals surface area contributed by atoms with Crippen molar-refractivity contribution in [2.24, 2.45) is 58.2 Å². The Morgan fingerprint density at radius 3 is 2.26 bits per heavy atom. The number of rotatable bonds is 5. The molecule has 0 nitrogen and oxygen atoms in total. The molecule has 0 N–H and O–H groups in total. The zero-order valence-electron chi connectivity index (χ0n) is 21.9. The first-order valence-electron chi connectivity index (χ1n) is 13.7. The fourth-order valence-electron chi connectivity index (χ4n) is 8.21. The molecule has 4 aliphatic carbocycles. The van der Waals surface area contributed by atoms with Gasteiger partial charge < -0.3 is 0 Å². The van der Waals surface area contributed by atoms with Crippen LogP contribution >= 0.6 is 0 Å². The Hall–Kier alpha value is -0.780. The maximum Gasteiger partial charge on any atom is -0.00474 e. The van der Waals surface area contributed by atoms with Crippen molar-refractivity contribution in [3.8, 4) is 0 Å². The first kappa shape index (κ1) is 23.4. The predicted octanol–water partition coefficient (Wildman–Crippen LogP) is 9.24. The molecule has 3 saturated carbocycles. The van der Waals surface area contributed by atoms with Crippen LogP contribution in [0.5, 0.6) is 0 Å². The van der Waals surface area contributed by atoms with Crippen LogP contribution < -0.4 is 0 Å². The van der Waals surface area contributed by atoms with Gasteiger partial charge >= 0.3 is 0 Å². The highest BCUT2D eigenvalue weighted by Gasteiger charge is 2.56. The summed E-state index contributed by atoms with van der Waals surface area (Å²) >= 11 is 0. The van der Waals surface area contributed by atoms with Crippen LogP contribution in [-0.4, -0.2) is 0 Å². The normalized spacial score (nSPS) is 42.1. The van der Waals surface area contributed by atoms with E-state index in [0.29, 0.717) is 22.7 Å². The molecule has 0 aromatic rings. The Morgan fingerprint density at radius 1 is 0.839 bits per heavy atom. The molecule has 0 saturated heterocycles. The monoisotopic (exact) mass is 422 g/mol. The minimum Gasteiger partial charge on any atom is -0.0852 e. The van der Waals surface area contributed by atoms with Gasteiger partial charge in [-0.1, -0.05) is 90.8 Å². The lowest BCUT2D eigenvalue weighted by Crippen LogP contribution is -2.46. The fraction of sp³-hybridized carbons (Fsp3) is 0.806. The summed E-state index contributed by atoms with van der Waals surface area (Å²) in [5, 5.41) is 0. The maximum atomic E-state index is 2.67. The second kappa shape index (κ2) is 8.53. The largest absolute Gasteiger partial charge is 0.0852 e. The van der Waals surface area contributed by atoms with E-state index in [4.69, 9.17) is 0 Å². The van der Waals surface area contributed by atoms with Gasteiger partial charge in [0.05, 0.1) is 0 Å². The zero-order valence-corrected chi connectivity index (χ0v) is 21.9. The minimum absolute atomic E-state index is 0.451. The van der Waals surface area contributed by atoms with Crippen molar-refractivity contribution >= 4 is 0 Å². The number of hydrogen-bond acceptors (Lipinski definition) is 0. The first-order chi connectivity index (χ1) is 14.6. The molecule has 174 valence electrons. The Bertz CT molecular complexity index is 748. The third-order valence-electron chi connectivity index (χ3n) is 11.0. The second-order valence-electron chi connectivity index (χ2n) is 13.2. The van der Waals surface area contributed by atoms with Crippen LogP contribution in [0.2, 0.25) is 0 Å². The summed E-state index contributed by atoms with van der Waals surface area (Å²) in [6.07, 6.45) is 20.3. The molecule has 31 heavy (non-hydrogen) atoms. The Balaban J connectivity index is 1.56. The number of allylic oxidation sites excluding steroid dienone is 6. The van der Waals surface area contributed by atoms with E-state index in [-0.39, 0.29) is 0 Å². The van der Waals surface area contributed by atoms with Gasteiger partial charge in [0.25, 0.3) is 0 Å². The zero-order chi connectivity index (χ0) is 22.6. The van der Waals surface area contributed by atoms with Gasteiger partial charge in [0.15, 0.2) is 0 Å². The molecule has 4 rings (SSSR count). The molecule has 3 fully saturated rings. The molecule has 8 atom stereocenters. The molecule has 0 heterocycles. The van der Waals surface area contributed by atoms with Crippen molar-refractivity contribution in [3.05, 3.63) is 35.5 Å². The molecule has 0 bridgehead atoms. The molecule has 0 aliphatic heterocycles. The van der Waals surface area contributed by atoms with Crippen molar-refractivity contribution < 1.29 is 0 Å². The molecular weight excluding hydrogens is 372 g/mol. The van der Waals surface area contributed by atoms with Crippen LogP contribution in [0.3, 0.4) is 0 Å². The molecule has 0 radical (unpaired) electrons. The first-order valence-corrected chi connectivity index (χ1v) is 13.7. The summed E-state index contributed by atoms with van der Waals surface area (Å²) in [6, 6.07) is 0. The van der Waals surface area contributed by atoms with E-state index in [2.05, 4.69) is 79.7 Å². The summed E-state index contributed by atoms with van der Waals surface area (Å²) < 4.78 is 0. The van der Waals surface area contributed by atoms with Gasteiger partial charge in [0.1, 0.15) is 0 Å². The van der Waals surface area contributed by atoms with Crippen molar-refractivity contribution in [3.63, 3.8) is 0 Å². The van der Waals surface area contributed by atoms with Crippen LogP contribution in [0.4, 0.5) is 0 Å². The highest BCUT2D eigenvalue weighted by Crippen LogP contribution is 2.66. The summed E-state index contributed by atoms with van der Waals surface area (Å²) in [5.74, 6) is 6.37. The predicted molar refractivity (Wildman–Crippen MR) is 136 cm³/mol. The molecular formula is C31H50. The van der Waals surface area contributed by atoms with E-state index in [1.807, 2.05) is 5.57 Å². The Morgan fingerprint density at radius 2 is 1.58 bits per heavy atom. The van der Waals surface area contributed by atoms with Crippen LogP contribution in [0.25, 0.3) is 0 Å². The van der Waals surface area contributed by atoms with Crippen LogP contribution in [0.15, 0.2) is 35.5 Å². The molecule has 0 heteroatoms. The van der Waals surface area contributed by atoms with Crippen LogP contribution in [-0.2, 0) is 0 Å². The van der Waals surface area contributed by atoms with E-state index in [1.165, 1.54) is 44.9 Å². The second-order valence-corrected chi connectivity index (χ2v) is 13.2. The Labute approximate surface area is 194 Å². The topological polar surface area (TPSA) is 0 Å². The summed E-state index contributed by atoms with van der Waals surface area (Å²) in [4.78, 5) is 0. The Kier molecular flexibility index (Phi) is 6.44. The quantitative estimate of drug-likeness (QED) is 0.387. The molecule has 0 aromatic heterocycles. The maximum absolute atomic E-state index is 2.67. The molecule has 0 spiro atoms. The number of fused-ring (bicyclic) bond motifs is 5. The summed E-state index contributed by atoms with van der Waals surface area (Å²) in [5.41, 5.74) is 4.61. The fourth-order valence-corrected chi connectivity index (χ4v) is 8.21. The van der Waals surface area contributed by atoms with E-state index in [1.54, 1.807) is 5.57 Å². The lowest BCUT2D eigenvalue weighted by molar-refractivity contribution is 0.0505. The smallest absolute Gasteiger partial charge is 0.00474 e. The highest BCUT2D eigenvalue weighted by atomic mass is 14.6. The molecule has 0 amide bonds. The summed E-state index contributed by atoms with van der Waals surface area (Å²) in [6.45, 7) is 19.8.